The molecule has 0 unspecified atom stereocenters. The summed E-state index contributed by atoms with van der Waals surface area (Å²) < 4.78 is 13.2. The normalized spacial score (nSPS) is 19.4. The van der Waals surface area contributed by atoms with E-state index in [0.717, 1.165) is 54.8 Å². The highest BCUT2D eigenvalue weighted by Crippen LogP contribution is 2.40. The lowest BCUT2D eigenvalue weighted by Gasteiger charge is -2.35. The Bertz CT molecular complexity index is 934. The average molecular weight is 474 g/mol. The summed E-state index contributed by atoms with van der Waals surface area (Å²) in [6.45, 7) is 10.5. The van der Waals surface area contributed by atoms with Gasteiger partial charge in [-0.25, -0.2) is 0 Å². The van der Waals surface area contributed by atoms with E-state index < -0.39 is 8.32 Å². The molecule has 7 nitrogen and oxygen atoms in total. The minimum atomic E-state index is -2.27. The van der Waals surface area contributed by atoms with Crippen molar-refractivity contribution in [1.29, 1.82) is 0 Å². The van der Waals surface area contributed by atoms with Gasteiger partial charge in [0.15, 0.2) is 8.32 Å². The van der Waals surface area contributed by atoms with E-state index >= 15 is 0 Å². The van der Waals surface area contributed by atoms with Crippen molar-refractivity contribution >= 4 is 14.3 Å². The van der Waals surface area contributed by atoms with Crippen LogP contribution in [0.5, 0.6) is 5.75 Å². The second-order valence-corrected chi connectivity index (χ2v) is 14.8. The fourth-order valence-electron chi connectivity index (χ4n) is 4.23. The molecule has 1 heterocycles. The van der Waals surface area contributed by atoms with Gasteiger partial charge in [0, 0.05) is 12.6 Å². The Balaban J connectivity index is 1.67. The molecule has 2 aromatic rings. The maximum atomic E-state index is 12.1. The van der Waals surface area contributed by atoms with Crippen molar-refractivity contribution in [1.82, 2.24) is 15.0 Å². The topological polar surface area (TPSA) is 86.5 Å². The van der Waals surface area contributed by atoms with Crippen molar-refractivity contribution in [2.45, 2.75) is 83.5 Å². The number of nitrogens with zero attached hydrogens (tertiary/aromatic N) is 3. The van der Waals surface area contributed by atoms with Crippen LogP contribution < -0.4 is 4.74 Å². The molecule has 0 saturated heterocycles. The van der Waals surface area contributed by atoms with Gasteiger partial charge in [-0.05, 0) is 87.8 Å². The zero-order valence-corrected chi connectivity index (χ0v) is 21.9. The van der Waals surface area contributed by atoms with Gasteiger partial charge in [-0.1, -0.05) is 19.1 Å². The van der Waals surface area contributed by atoms with Crippen LogP contribution in [-0.4, -0.2) is 46.8 Å². The van der Waals surface area contributed by atoms with Crippen molar-refractivity contribution in [3.63, 3.8) is 0 Å². The monoisotopic (exact) mass is 473 g/mol. The molecule has 3 rings (SSSR count). The van der Waals surface area contributed by atoms with E-state index in [4.69, 9.17) is 9.47 Å². The molecule has 1 aliphatic rings. The number of benzene rings is 1. The first-order chi connectivity index (χ1) is 15.5. The van der Waals surface area contributed by atoms with E-state index in [1.807, 2.05) is 56.0 Å². The smallest absolute Gasteiger partial charge is 0.309 e. The first-order valence-corrected chi connectivity index (χ1v) is 15.0. The molecule has 1 saturated carbocycles. The first kappa shape index (κ1) is 25.4. The van der Waals surface area contributed by atoms with Crippen LogP contribution in [0.1, 0.15) is 58.6 Å². The number of ether oxygens (including phenoxy) is 2. The molecule has 182 valence electrons. The van der Waals surface area contributed by atoms with Gasteiger partial charge in [0.2, 0.25) is 0 Å². The van der Waals surface area contributed by atoms with Crippen molar-refractivity contribution < 1.29 is 19.1 Å². The summed E-state index contributed by atoms with van der Waals surface area (Å²) in [6.07, 6.45) is 5.21. The van der Waals surface area contributed by atoms with Gasteiger partial charge in [-0.3, -0.25) is 9.48 Å². The van der Waals surface area contributed by atoms with Crippen molar-refractivity contribution in [2.24, 2.45) is 13.0 Å². The van der Waals surface area contributed by atoms with Gasteiger partial charge in [0.25, 0.3) is 0 Å². The Kier molecular flexibility index (Phi) is 8.00. The summed E-state index contributed by atoms with van der Waals surface area (Å²) in [5.41, 5.74) is 2.94. The number of carbonyl (C=O) groups is 1. The second kappa shape index (κ2) is 10.4. The molecular weight excluding hydrogens is 434 g/mol. The molecule has 0 aliphatic heterocycles. The van der Waals surface area contributed by atoms with Gasteiger partial charge >= 0.3 is 5.97 Å². The van der Waals surface area contributed by atoms with Crippen LogP contribution in [0.25, 0.3) is 11.3 Å². The van der Waals surface area contributed by atoms with E-state index in [9.17, 15) is 9.59 Å². The molecule has 1 aliphatic carbocycles. The zero-order valence-electron chi connectivity index (χ0n) is 20.9. The van der Waals surface area contributed by atoms with E-state index in [2.05, 4.69) is 24.2 Å². The molecule has 0 amide bonds. The van der Waals surface area contributed by atoms with Crippen molar-refractivity contribution in [3.05, 3.63) is 30.0 Å². The number of aryl methyl sites for hydroxylation is 1. The molecule has 33 heavy (non-hydrogen) atoms. The second-order valence-electron chi connectivity index (χ2n) is 10.3. The van der Waals surface area contributed by atoms with E-state index in [-0.39, 0.29) is 23.0 Å². The van der Waals surface area contributed by atoms with Gasteiger partial charge in [0.1, 0.15) is 11.4 Å². The van der Waals surface area contributed by atoms with Crippen LogP contribution in [-0.2, 0) is 23.0 Å². The Labute approximate surface area is 198 Å². The minimum Gasteiger partial charge on any atom is -0.490 e. The molecule has 1 aromatic carbocycles. The fraction of sp³-hybridized carbons (Fsp3) is 0.640. The maximum absolute atomic E-state index is 12.1. The molecule has 0 spiro atoms. The number of esters is 1. The quantitative estimate of drug-likeness (QED) is 0.412. The Morgan fingerprint density at radius 1 is 1.24 bits per heavy atom. The third kappa shape index (κ3) is 6.23. The van der Waals surface area contributed by atoms with Gasteiger partial charge < -0.3 is 14.3 Å². The molecule has 0 radical (unpaired) electrons. The zero-order chi connectivity index (χ0) is 24.2. The molecule has 1 fully saturated rings. The summed E-state index contributed by atoms with van der Waals surface area (Å²) in [7, 11) is -0.356. The third-order valence-corrected chi connectivity index (χ3v) is 10.8. The number of rotatable bonds is 9. The van der Waals surface area contributed by atoms with Crippen LogP contribution in [0, 0.1) is 5.92 Å². The summed E-state index contributed by atoms with van der Waals surface area (Å²) in [4.78, 5) is 22.7. The Morgan fingerprint density at radius 2 is 1.94 bits per heavy atom. The number of hydrogen-bond acceptors (Lipinski definition) is 6. The number of carbonyl (C=O) groups excluding carboxylic acids is 1. The summed E-state index contributed by atoms with van der Waals surface area (Å²) >= 11 is 0. The number of hydrogen-bond donors (Lipinski definition) is 1. The molecule has 8 heteroatoms. The summed E-state index contributed by atoms with van der Waals surface area (Å²) in [5.74, 6) is 0.626. The third-order valence-electron chi connectivity index (χ3n) is 7.26. The first-order valence-electron chi connectivity index (χ1n) is 12.1. The largest absolute Gasteiger partial charge is 0.490 e. The van der Waals surface area contributed by atoms with E-state index in [1.165, 1.54) is 0 Å². The lowest BCUT2D eigenvalue weighted by atomic mass is 9.87. The maximum Gasteiger partial charge on any atom is 0.309 e. The molecular formula is C25H39N3O4Si. The lowest BCUT2D eigenvalue weighted by molar-refractivity contribution is -0.150. The van der Waals surface area contributed by atoms with Gasteiger partial charge in [0.05, 0.1) is 24.3 Å². The van der Waals surface area contributed by atoms with E-state index in [1.54, 1.807) is 0 Å². The number of aromatic nitrogens is 3. The summed E-state index contributed by atoms with van der Waals surface area (Å²) in [5, 5.41) is 8.56. The highest BCUT2D eigenvalue weighted by molar-refractivity contribution is 6.72. The van der Waals surface area contributed by atoms with Gasteiger partial charge in [-0.15, -0.1) is 5.10 Å². The fourth-order valence-corrected chi connectivity index (χ4v) is 4.96. The predicted octanol–water partition coefficient (Wildman–Crippen LogP) is 4.89. The average Bonchev–Trinajstić information content (AvgIpc) is 3.13. The lowest BCUT2D eigenvalue weighted by Crippen LogP contribution is -2.39. The SMILES string of the molecule is CCOC(=O)[C@H]1CCC[C@H](Oc2ccc(-c3nnn(C)c3CCC(C)(C)[Si](C)(C)O)cc2)C1. The summed E-state index contributed by atoms with van der Waals surface area (Å²) in [6, 6.07) is 7.97. The minimum absolute atomic E-state index is 0.0271. The molecule has 2 atom stereocenters. The highest BCUT2D eigenvalue weighted by Gasteiger charge is 2.38. The van der Waals surface area contributed by atoms with Crippen LogP contribution in [0.15, 0.2) is 24.3 Å². The Morgan fingerprint density at radius 3 is 2.58 bits per heavy atom. The molecule has 1 aromatic heterocycles. The van der Waals surface area contributed by atoms with Crippen LogP contribution >= 0.6 is 0 Å². The van der Waals surface area contributed by atoms with Crippen LogP contribution in [0.3, 0.4) is 0 Å². The predicted molar refractivity (Wildman–Crippen MR) is 132 cm³/mol. The highest BCUT2D eigenvalue weighted by atomic mass is 28.4. The molecule has 0 bridgehead atoms. The van der Waals surface area contributed by atoms with Gasteiger partial charge in [-0.2, -0.15) is 0 Å². The standard InChI is InChI=1S/C25H39N3O4Si/c1-7-31-24(29)19-9-8-10-21(17-19)32-20-13-11-18(12-14-20)23-22(28(4)27-26-23)15-16-25(2,3)33(5,6)30/h11-14,19,21,30H,7-10,15-17H2,1-6H3/t19-,21-/m0/s1. The van der Waals surface area contributed by atoms with E-state index in [0.29, 0.717) is 13.0 Å². The van der Waals surface area contributed by atoms with Crippen molar-refractivity contribution in [2.75, 3.05) is 6.61 Å². The Hall–Kier alpha value is -2.19. The van der Waals surface area contributed by atoms with Crippen LogP contribution in [0.4, 0.5) is 0 Å². The van der Waals surface area contributed by atoms with Crippen molar-refractivity contribution in [3.8, 4) is 17.0 Å². The molecule has 1 N–H and O–H groups in total. The van der Waals surface area contributed by atoms with Crippen LogP contribution in [0.2, 0.25) is 18.1 Å².